The topological polar surface area (TPSA) is 110 Å². The smallest absolute Gasteiger partial charge is 0.247 e. The number of aryl methyl sites for hydroxylation is 1. The molecule has 11 heteroatoms. The van der Waals surface area contributed by atoms with Crippen LogP contribution in [0, 0.1) is 6.92 Å². The lowest BCUT2D eigenvalue weighted by molar-refractivity contribution is -0.111. The molecule has 0 saturated carbocycles. The zero-order valence-electron chi connectivity index (χ0n) is 23.1. The number of ether oxygens (including phenoxy) is 2. The Labute approximate surface area is 228 Å². The predicted molar refractivity (Wildman–Crippen MR) is 155 cm³/mol. The van der Waals surface area contributed by atoms with Crippen molar-refractivity contribution in [3.8, 4) is 17.3 Å². The van der Waals surface area contributed by atoms with E-state index in [9.17, 15) is 4.79 Å². The van der Waals surface area contributed by atoms with Crippen LogP contribution in [-0.4, -0.2) is 79.0 Å². The molecule has 0 atom stereocenters. The normalized spacial score (nSPS) is 10.9. The van der Waals surface area contributed by atoms with Crippen LogP contribution in [0.5, 0.6) is 11.5 Å². The first kappa shape index (κ1) is 27.4. The number of hydrogen-bond donors (Lipinski definition) is 2. The summed E-state index contributed by atoms with van der Waals surface area (Å²) >= 11 is 0. The molecule has 2 N–H and O–H groups in total. The molecule has 2 aromatic carbocycles. The number of nitrogens with one attached hydrogen (secondary N) is 2. The highest BCUT2D eigenvalue weighted by Gasteiger charge is 2.18. The first-order valence-electron chi connectivity index (χ1n) is 12.4. The van der Waals surface area contributed by atoms with E-state index in [1.54, 1.807) is 37.4 Å². The Morgan fingerprint density at radius 2 is 1.85 bits per heavy atom. The molecule has 1 amide bonds. The van der Waals surface area contributed by atoms with Crippen LogP contribution in [0.3, 0.4) is 0 Å². The molecule has 4 rings (SSSR count). The van der Waals surface area contributed by atoms with Gasteiger partial charge >= 0.3 is 0 Å². The molecule has 0 spiro atoms. The molecular weight excluding hydrogens is 496 g/mol. The molecule has 0 aliphatic heterocycles. The zero-order chi connectivity index (χ0) is 28.1. The summed E-state index contributed by atoms with van der Waals surface area (Å²) in [7, 11) is 9.22. The molecule has 39 heavy (non-hydrogen) atoms. The van der Waals surface area contributed by atoms with E-state index in [4.69, 9.17) is 14.5 Å². The minimum atomic E-state index is -0.316. The van der Waals surface area contributed by atoms with Gasteiger partial charge in [0.1, 0.15) is 11.5 Å². The number of fused-ring (bicyclic) bond motifs is 1. The van der Waals surface area contributed by atoms with E-state index < -0.39 is 0 Å². The largest absolute Gasteiger partial charge is 0.496 e. The van der Waals surface area contributed by atoms with Crippen LogP contribution < -0.4 is 25.0 Å². The number of likely N-dealkylation sites (N-methyl/N-ethyl adjacent to an activating group) is 2. The summed E-state index contributed by atoms with van der Waals surface area (Å²) in [5.41, 5.74) is 3.69. The highest BCUT2D eigenvalue weighted by molar-refractivity contribution is 6.02. The summed E-state index contributed by atoms with van der Waals surface area (Å²) < 4.78 is 13.0. The van der Waals surface area contributed by atoms with Crippen molar-refractivity contribution in [2.24, 2.45) is 0 Å². The Morgan fingerprint density at radius 3 is 2.54 bits per heavy atom. The second-order valence-corrected chi connectivity index (χ2v) is 9.26. The molecule has 4 aromatic rings. The van der Waals surface area contributed by atoms with Crippen molar-refractivity contribution in [1.29, 1.82) is 0 Å². The number of carbonyl (C=O) groups excluding carboxylic acids is 1. The average molecular weight is 531 g/mol. The summed E-state index contributed by atoms with van der Waals surface area (Å²) in [6.45, 7) is 7.08. The van der Waals surface area contributed by atoms with E-state index in [-0.39, 0.29) is 5.91 Å². The lowest BCUT2D eigenvalue weighted by atomic mass is 10.2. The lowest BCUT2D eigenvalue weighted by Crippen LogP contribution is -2.29. The van der Waals surface area contributed by atoms with Crippen LogP contribution in [0.1, 0.15) is 5.56 Å². The molecule has 2 aromatic heterocycles. The van der Waals surface area contributed by atoms with Crippen molar-refractivity contribution in [3.63, 3.8) is 0 Å². The van der Waals surface area contributed by atoms with Gasteiger partial charge < -0.3 is 29.9 Å². The Hall–Kier alpha value is -4.64. The number of nitrogens with zero attached hydrogens (tertiary/aromatic N) is 6. The first-order chi connectivity index (χ1) is 18.7. The van der Waals surface area contributed by atoms with E-state index in [0.717, 1.165) is 41.0 Å². The van der Waals surface area contributed by atoms with E-state index >= 15 is 0 Å². The fourth-order valence-electron chi connectivity index (χ4n) is 4.11. The monoisotopic (exact) mass is 530 g/mol. The van der Waals surface area contributed by atoms with Crippen molar-refractivity contribution in [1.82, 2.24) is 24.6 Å². The van der Waals surface area contributed by atoms with Gasteiger partial charge in [-0.2, -0.15) is 10.1 Å². The van der Waals surface area contributed by atoms with Gasteiger partial charge in [-0.15, -0.1) is 0 Å². The third kappa shape index (κ3) is 5.93. The third-order valence-electron chi connectivity index (χ3n) is 6.24. The van der Waals surface area contributed by atoms with Crippen LogP contribution >= 0.6 is 0 Å². The second kappa shape index (κ2) is 11.8. The number of benzene rings is 2. The van der Waals surface area contributed by atoms with Gasteiger partial charge in [0.05, 0.1) is 48.4 Å². The molecular formula is C28H34N8O3. The Morgan fingerprint density at radius 1 is 1.08 bits per heavy atom. The predicted octanol–water partition coefficient (Wildman–Crippen LogP) is 4.01. The summed E-state index contributed by atoms with van der Waals surface area (Å²) in [5, 5.41) is 11.6. The fraction of sp³-hybridized carbons (Fsp3) is 0.286. The maximum Gasteiger partial charge on any atom is 0.247 e. The minimum absolute atomic E-state index is 0.316. The molecule has 0 aliphatic rings. The summed E-state index contributed by atoms with van der Waals surface area (Å²) in [5.74, 6) is 1.95. The Bertz CT molecular complexity index is 1500. The van der Waals surface area contributed by atoms with Crippen molar-refractivity contribution < 1.29 is 14.3 Å². The quantitative estimate of drug-likeness (QED) is 0.278. The standard InChI is InChI=1S/C28H34N8O3/c1-8-26(37)31-20-14-21(25(39-7)15-23(20)35(5)13-12-34(3)4)32-28-29-16-18(2)27(33-28)36-22-10-9-11-24(38-6)19(22)17-30-36/h8-11,14-17H,1,12-13H2,2-7H3,(H,31,37)(H,29,32,33). The van der Waals surface area contributed by atoms with Crippen molar-refractivity contribution in [2.75, 3.05) is 64.0 Å². The van der Waals surface area contributed by atoms with Crippen LogP contribution in [0.2, 0.25) is 0 Å². The molecule has 0 radical (unpaired) electrons. The van der Waals surface area contributed by atoms with Gasteiger partial charge in [-0.1, -0.05) is 12.6 Å². The fourth-order valence-corrected chi connectivity index (χ4v) is 4.11. The Balaban J connectivity index is 1.73. The van der Waals surface area contributed by atoms with Gasteiger partial charge in [0, 0.05) is 38.0 Å². The number of carbonyl (C=O) groups is 1. The number of rotatable bonds is 11. The zero-order valence-corrected chi connectivity index (χ0v) is 23.1. The van der Waals surface area contributed by atoms with Crippen LogP contribution in [0.25, 0.3) is 16.7 Å². The second-order valence-electron chi connectivity index (χ2n) is 9.26. The van der Waals surface area contributed by atoms with Gasteiger partial charge in [-0.05, 0) is 45.3 Å². The van der Waals surface area contributed by atoms with Crippen LogP contribution in [0.4, 0.5) is 23.0 Å². The van der Waals surface area contributed by atoms with Gasteiger partial charge in [-0.25, -0.2) is 9.67 Å². The van der Waals surface area contributed by atoms with E-state index in [1.165, 1.54) is 6.08 Å². The van der Waals surface area contributed by atoms with E-state index in [0.29, 0.717) is 28.9 Å². The van der Waals surface area contributed by atoms with E-state index in [2.05, 4.69) is 37.1 Å². The first-order valence-corrected chi connectivity index (χ1v) is 12.4. The molecule has 2 heterocycles. The van der Waals surface area contributed by atoms with Gasteiger partial charge in [0.15, 0.2) is 5.82 Å². The number of amides is 1. The van der Waals surface area contributed by atoms with Crippen molar-refractivity contribution in [2.45, 2.75) is 6.92 Å². The van der Waals surface area contributed by atoms with Crippen LogP contribution in [-0.2, 0) is 4.79 Å². The van der Waals surface area contributed by atoms with Gasteiger partial charge in [0.25, 0.3) is 0 Å². The lowest BCUT2D eigenvalue weighted by Gasteiger charge is -2.26. The molecule has 0 saturated heterocycles. The maximum atomic E-state index is 12.3. The van der Waals surface area contributed by atoms with E-state index in [1.807, 2.05) is 52.3 Å². The highest BCUT2D eigenvalue weighted by Crippen LogP contribution is 2.38. The summed E-state index contributed by atoms with van der Waals surface area (Å²) in [4.78, 5) is 25.7. The van der Waals surface area contributed by atoms with Crippen molar-refractivity contribution >= 4 is 39.8 Å². The van der Waals surface area contributed by atoms with Gasteiger partial charge in [-0.3, -0.25) is 4.79 Å². The average Bonchev–Trinajstić information content (AvgIpc) is 3.37. The number of anilines is 4. The van der Waals surface area contributed by atoms with Gasteiger partial charge in [0.2, 0.25) is 11.9 Å². The molecule has 204 valence electrons. The molecule has 0 aliphatic carbocycles. The third-order valence-corrected chi connectivity index (χ3v) is 6.24. The molecule has 0 unspecified atom stereocenters. The molecule has 0 bridgehead atoms. The number of methoxy groups -OCH3 is 2. The SMILES string of the molecule is C=CC(=O)Nc1cc(Nc2ncc(C)c(-n3ncc4c(OC)cccc43)n2)c(OC)cc1N(C)CCN(C)C. The highest BCUT2D eigenvalue weighted by atomic mass is 16.5. The summed E-state index contributed by atoms with van der Waals surface area (Å²) in [6, 6.07) is 9.45. The maximum absolute atomic E-state index is 12.3. The molecule has 0 fully saturated rings. The van der Waals surface area contributed by atoms with Crippen LogP contribution in [0.15, 0.2) is 55.4 Å². The number of hydrogen-bond acceptors (Lipinski definition) is 9. The Kier molecular flexibility index (Phi) is 8.30. The number of aromatic nitrogens is 4. The summed E-state index contributed by atoms with van der Waals surface area (Å²) in [6.07, 6.45) is 4.72. The molecule has 11 nitrogen and oxygen atoms in total. The van der Waals surface area contributed by atoms with Crippen molar-refractivity contribution in [3.05, 3.63) is 60.9 Å². The minimum Gasteiger partial charge on any atom is -0.496 e.